The number of hydrogen-bond donors (Lipinski definition) is 1. The van der Waals surface area contributed by atoms with Gasteiger partial charge in [-0.2, -0.15) is 0 Å². The van der Waals surface area contributed by atoms with Crippen molar-refractivity contribution in [2.24, 2.45) is 0 Å². The molecule has 0 bridgehead atoms. The van der Waals surface area contributed by atoms with Crippen molar-refractivity contribution in [3.8, 4) is 0 Å². The van der Waals surface area contributed by atoms with E-state index in [0.29, 0.717) is 6.04 Å². The first-order valence-corrected chi connectivity index (χ1v) is 8.60. The molecule has 1 fully saturated rings. The first-order chi connectivity index (χ1) is 10.6. The summed E-state index contributed by atoms with van der Waals surface area (Å²) < 4.78 is 2.45. The Kier molecular flexibility index (Phi) is 4.55. The minimum absolute atomic E-state index is 0.511. The van der Waals surface area contributed by atoms with Crippen molar-refractivity contribution in [3.05, 3.63) is 35.0 Å². The Morgan fingerprint density at radius 1 is 1.14 bits per heavy atom. The predicted octanol–water partition coefficient (Wildman–Crippen LogP) is 3.29. The van der Waals surface area contributed by atoms with E-state index in [2.05, 4.69) is 60.8 Å². The lowest BCUT2D eigenvalue weighted by molar-refractivity contribution is 0.244. The summed E-state index contributed by atoms with van der Waals surface area (Å²) in [6, 6.07) is 5.18. The molecule has 120 valence electrons. The van der Waals surface area contributed by atoms with E-state index in [1.54, 1.807) is 0 Å². The van der Waals surface area contributed by atoms with E-state index in [1.807, 2.05) is 0 Å². The third-order valence-corrected chi connectivity index (χ3v) is 4.82. The number of aryl methyl sites for hydroxylation is 2. The number of aromatic nitrogens is 1. The maximum atomic E-state index is 3.43. The van der Waals surface area contributed by atoms with Crippen LogP contribution in [0.3, 0.4) is 0 Å². The van der Waals surface area contributed by atoms with Crippen LogP contribution in [0.25, 0.3) is 10.9 Å². The average molecular weight is 299 g/mol. The Bertz CT molecular complexity index is 648. The molecule has 3 nitrogen and oxygen atoms in total. The molecule has 0 radical (unpaired) electrons. The second kappa shape index (κ2) is 6.43. The molecule has 3 rings (SSSR count). The van der Waals surface area contributed by atoms with Gasteiger partial charge in [0.25, 0.3) is 0 Å². The lowest BCUT2D eigenvalue weighted by Gasteiger charge is -2.27. The quantitative estimate of drug-likeness (QED) is 0.935. The Hall–Kier alpha value is -1.32. The molecule has 0 unspecified atom stereocenters. The molecule has 22 heavy (non-hydrogen) atoms. The van der Waals surface area contributed by atoms with Gasteiger partial charge < -0.3 is 14.8 Å². The molecule has 2 aromatic rings. The van der Waals surface area contributed by atoms with Gasteiger partial charge in [-0.05, 0) is 56.9 Å². The zero-order chi connectivity index (χ0) is 15.7. The van der Waals surface area contributed by atoms with Crippen LogP contribution in [0.2, 0.25) is 0 Å². The standard InChI is InChI=1S/C19H29N3/c1-14(2)22-13-17(5-8-21-9-6-20-7-10-21)19-16(4)11-15(3)12-18(19)22/h11-14,20H,5-10H2,1-4H3. The molecule has 1 saturated heterocycles. The molecular weight excluding hydrogens is 270 g/mol. The molecule has 1 aliphatic rings. The van der Waals surface area contributed by atoms with Crippen LogP contribution in [0.15, 0.2) is 18.3 Å². The highest BCUT2D eigenvalue weighted by Crippen LogP contribution is 2.29. The van der Waals surface area contributed by atoms with Gasteiger partial charge in [-0.25, -0.2) is 0 Å². The van der Waals surface area contributed by atoms with Gasteiger partial charge in [0.1, 0.15) is 0 Å². The van der Waals surface area contributed by atoms with E-state index in [4.69, 9.17) is 0 Å². The highest BCUT2D eigenvalue weighted by molar-refractivity contribution is 5.88. The third kappa shape index (κ3) is 3.06. The molecule has 0 atom stereocenters. The van der Waals surface area contributed by atoms with Crippen molar-refractivity contribution < 1.29 is 0 Å². The molecule has 1 aromatic carbocycles. The lowest BCUT2D eigenvalue weighted by Crippen LogP contribution is -2.44. The van der Waals surface area contributed by atoms with Gasteiger partial charge in [0.2, 0.25) is 0 Å². The zero-order valence-corrected chi connectivity index (χ0v) is 14.4. The fourth-order valence-electron chi connectivity index (χ4n) is 3.70. The highest BCUT2D eigenvalue weighted by Gasteiger charge is 2.15. The molecule has 2 heterocycles. The van der Waals surface area contributed by atoms with Gasteiger partial charge in [0.05, 0.1) is 0 Å². The summed E-state index contributed by atoms with van der Waals surface area (Å²) in [6.07, 6.45) is 3.55. The fourth-order valence-corrected chi connectivity index (χ4v) is 3.70. The Balaban J connectivity index is 1.91. The van der Waals surface area contributed by atoms with Gasteiger partial charge in [0.15, 0.2) is 0 Å². The van der Waals surface area contributed by atoms with Crippen LogP contribution < -0.4 is 5.32 Å². The molecule has 0 spiro atoms. The van der Waals surface area contributed by atoms with E-state index in [1.165, 1.54) is 47.2 Å². The Morgan fingerprint density at radius 3 is 2.55 bits per heavy atom. The maximum Gasteiger partial charge on any atom is 0.0490 e. The lowest BCUT2D eigenvalue weighted by atomic mass is 10.0. The van der Waals surface area contributed by atoms with Crippen molar-refractivity contribution in [1.82, 2.24) is 14.8 Å². The summed E-state index contributed by atoms with van der Waals surface area (Å²) in [6.45, 7) is 14.8. The van der Waals surface area contributed by atoms with Gasteiger partial charge in [0, 0.05) is 55.9 Å². The minimum atomic E-state index is 0.511. The fraction of sp³-hybridized carbons (Fsp3) is 0.579. The monoisotopic (exact) mass is 299 g/mol. The van der Waals surface area contributed by atoms with E-state index >= 15 is 0 Å². The van der Waals surface area contributed by atoms with Crippen LogP contribution in [0.5, 0.6) is 0 Å². The topological polar surface area (TPSA) is 20.2 Å². The summed E-state index contributed by atoms with van der Waals surface area (Å²) in [5, 5.41) is 4.91. The number of piperazine rings is 1. The molecular formula is C19H29N3. The summed E-state index contributed by atoms with van der Waals surface area (Å²) in [5.74, 6) is 0. The minimum Gasteiger partial charge on any atom is -0.345 e. The van der Waals surface area contributed by atoms with Crippen LogP contribution in [-0.4, -0.2) is 42.2 Å². The van der Waals surface area contributed by atoms with Crippen molar-refractivity contribution in [2.75, 3.05) is 32.7 Å². The van der Waals surface area contributed by atoms with Crippen LogP contribution in [0.4, 0.5) is 0 Å². The summed E-state index contributed by atoms with van der Waals surface area (Å²) in [4.78, 5) is 2.58. The van der Waals surface area contributed by atoms with Crippen molar-refractivity contribution >= 4 is 10.9 Å². The smallest absolute Gasteiger partial charge is 0.0490 e. The van der Waals surface area contributed by atoms with E-state index in [9.17, 15) is 0 Å². The molecule has 0 aliphatic carbocycles. The molecule has 1 aromatic heterocycles. The summed E-state index contributed by atoms with van der Waals surface area (Å²) >= 11 is 0. The first-order valence-electron chi connectivity index (χ1n) is 8.60. The predicted molar refractivity (Wildman–Crippen MR) is 94.8 cm³/mol. The number of fused-ring (bicyclic) bond motifs is 1. The normalized spacial score (nSPS) is 16.8. The molecule has 0 saturated carbocycles. The molecule has 1 N–H and O–H groups in total. The second-order valence-corrected chi connectivity index (χ2v) is 6.97. The first kappa shape index (κ1) is 15.6. The number of hydrogen-bond acceptors (Lipinski definition) is 2. The SMILES string of the molecule is Cc1cc(C)c2c(CCN3CCNCC3)cn(C(C)C)c2c1. The number of nitrogens with one attached hydrogen (secondary N) is 1. The number of benzene rings is 1. The maximum absolute atomic E-state index is 3.43. The Labute approximate surface area is 134 Å². The average Bonchev–Trinajstić information content (AvgIpc) is 2.85. The highest BCUT2D eigenvalue weighted by atomic mass is 15.2. The van der Waals surface area contributed by atoms with Crippen LogP contribution in [0, 0.1) is 13.8 Å². The summed E-state index contributed by atoms with van der Waals surface area (Å²) in [7, 11) is 0. The van der Waals surface area contributed by atoms with Gasteiger partial charge in [-0.15, -0.1) is 0 Å². The molecule has 1 aliphatic heterocycles. The molecule has 3 heteroatoms. The number of nitrogens with zero attached hydrogens (tertiary/aromatic N) is 2. The van der Waals surface area contributed by atoms with Crippen LogP contribution in [-0.2, 0) is 6.42 Å². The van der Waals surface area contributed by atoms with Gasteiger partial charge >= 0.3 is 0 Å². The molecule has 0 amide bonds. The van der Waals surface area contributed by atoms with E-state index in [0.717, 1.165) is 19.5 Å². The van der Waals surface area contributed by atoms with Crippen molar-refractivity contribution in [3.63, 3.8) is 0 Å². The zero-order valence-electron chi connectivity index (χ0n) is 14.4. The van der Waals surface area contributed by atoms with Crippen molar-refractivity contribution in [1.29, 1.82) is 0 Å². The second-order valence-electron chi connectivity index (χ2n) is 6.97. The van der Waals surface area contributed by atoms with Crippen LogP contribution in [0.1, 0.15) is 36.6 Å². The van der Waals surface area contributed by atoms with E-state index < -0.39 is 0 Å². The van der Waals surface area contributed by atoms with Gasteiger partial charge in [-0.3, -0.25) is 0 Å². The third-order valence-electron chi connectivity index (χ3n) is 4.82. The number of rotatable bonds is 4. The van der Waals surface area contributed by atoms with E-state index in [-0.39, 0.29) is 0 Å². The van der Waals surface area contributed by atoms with Crippen LogP contribution >= 0.6 is 0 Å². The van der Waals surface area contributed by atoms with Crippen molar-refractivity contribution in [2.45, 2.75) is 40.2 Å². The Morgan fingerprint density at radius 2 is 1.86 bits per heavy atom. The largest absolute Gasteiger partial charge is 0.345 e. The summed E-state index contributed by atoms with van der Waals surface area (Å²) in [5.41, 5.74) is 5.70. The van der Waals surface area contributed by atoms with Gasteiger partial charge in [-0.1, -0.05) is 6.07 Å².